The van der Waals surface area contributed by atoms with Crippen molar-refractivity contribution in [1.29, 1.82) is 0 Å². The average Bonchev–Trinajstić information content (AvgIpc) is 3.43. The maximum absolute atomic E-state index is 14.2. The molecule has 1 saturated heterocycles. The maximum Gasteiger partial charge on any atom is 0.411 e. The van der Waals surface area contributed by atoms with Crippen LogP contribution in [0.25, 0.3) is 11.1 Å². The molecule has 2 atom stereocenters. The van der Waals surface area contributed by atoms with Crippen LogP contribution < -0.4 is 5.32 Å². The standard InChI is InChI=1S/C29H27F3N4O2/c1-19(20-2-4-21(5-3-20)25-11-10-24(31)18-26(25)32)36-17-13-29(38-28(36)37,22-6-8-23(30)9-7-22)12-14-33-27-34-15-16-35-27/h2-11,15-16,18-19H,12-14,17H2,1H3,(H2,33,34,35)/t19-,29+/m0/s1. The van der Waals surface area contributed by atoms with Crippen molar-refractivity contribution >= 4 is 12.0 Å². The van der Waals surface area contributed by atoms with E-state index in [2.05, 4.69) is 15.3 Å². The number of cyclic esters (lactones) is 1. The Labute approximate surface area is 218 Å². The van der Waals surface area contributed by atoms with Gasteiger partial charge in [0.05, 0.1) is 6.04 Å². The zero-order valence-electron chi connectivity index (χ0n) is 20.8. The number of nitrogens with one attached hydrogen (secondary N) is 2. The highest BCUT2D eigenvalue weighted by molar-refractivity contribution is 5.70. The van der Waals surface area contributed by atoms with E-state index in [9.17, 15) is 18.0 Å². The first-order valence-corrected chi connectivity index (χ1v) is 12.4. The molecule has 0 saturated carbocycles. The molecular formula is C29H27F3N4O2. The van der Waals surface area contributed by atoms with Gasteiger partial charge in [-0.05, 0) is 47.9 Å². The topological polar surface area (TPSA) is 70.2 Å². The van der Waals surface area contributed by atoms with Crippen LogP contribution >= 0.6 is 0 Å². The summed E-state index contributed by atoms with van der Waals surface area (Å²) in [5.41, 5.74) is 1.56. The number of nitrogens with zero attached hydrogens (tertiary/aromatic N) is 2. The average molecular weight is 521 g/mol. The Bertz CT molecular complexity index is 1390. The lowest BCUT2D eigenvalue weighted by Gasteiger charge is -2.43. The number of carbonyl (C=O) groups excluding carboxylic acids is 1. The Balaban J connectivity index is 1.32. The van der Waals surface area contributed by atoms with Crippen molar-refractivity contribution in [2.45, 2.75) is 31.4 Å². The van der Waals surface area contributed by atoms with Crippen molar-refractivity contribution in [3.8, 4) is 11.1 Å². The van der Waals surface area contributed by atoms with Gasteiger partial charge in [-0.3, -0.25) is 0 Å². The Kier molecular flexibility index (Phi) is 7.09. The quantitative estimate of drug-likeness (QED) is 0.268. The summed E-state index contributed by atoms with van der Waals surface area (Å²) in [4.78, 5) is 22.1. The number of hydrogen-bond donors (Lipinski definition) is 2. The van der Waals surface area contributed by atoms with Crippen LogP contribution in [0.3, 0.4) is 0 Å². The minimum Gasteiger partial charge on any atom is -0.438 e. The molecule has 3 aromatic carbocycles. The molecule has 4 aromatic rings. The predicted octanol–water partition coefficient (Wildman–Crippen LogP) is 6.80. The van der Waals surface area contributed by atoms with Gasteiger partial charge >= 0.3 is 6.09 Å². The Hall–Kier alpha value is -4.27. The number of H-pyrrole nitrogens is 1. The summed E-state index contributed by atoms with van der Waals surface area (Å²) in [5.74, 6) is -1.02. The van der Waals surface area contributed by atoms with Gasteiger partial charge in [-0.15, -0.1) is 0 Å². The molecule has 2 heterocycles. The van der Waals surface area contributed by atoms with Gasteiger partial charge in [0.2, 0.25) is 0 Å². The zero-order valence-corrected chi connectivity index (χ0v) is 20.8. The molecule has 5 rings (SSSR count). The highest BCUT2D eigenvalue weighted by Gasteiger charge is 2.43. The molecule has 0 bridgehead atoms. The van der Waals surface area contributed by atoms with Crippen LogP contribution in [0, 0.1) is 17.5 Å². The summed E-state index contributed by atoms with van der Waals surface area (Å²) in [6, 6.07) is 16.4. The molecule has 2 N–H and O–H groups in total. The van der Waals surface area contributed by atoms with E-state index in [4.69, 9.17) is 4.74 Å². The van der Waals surface area contributed by atoms with Gasteiger partial charge in [-0.2, -0.15) is 0 Å². The zero-order chi connectivity index (χ0) is 26.7. The first kappa shape index (κ1) is 25.4. The molecule has 0 unspecified atom stereocenters. The summed E-state index contributed by atoms with van der Waals surface area (Å²) in [5, 5.41) is 3.19. The number of ether oxygens (including phenoxy) is 1. The number of aromatic amines is 1. The molecule has 196 valence electrons. The van der Waals surface area contributed by atoms with Gasteiger partial charge in [-0.25, -0.2) is 22.9 Å². The van der Waals surface area contributed by atoms with E-state index in [0.717, 1.165) is 17.2 Å². The lowest BCUT2D eigenvalue weighted by atomic mass is 9.85. The fraction of sp³-hybridized carbons (Fsp3) is 0.241. The first-order valence-electron chi connectivity index (χ1n) is 12.4. The summed E-state index contributed by atoms with van der Waals surface area (Å²) < 4.78 is 47.2. The van der Waals surface area contributed by atoms with Crippen molar-refractivity contribution in [2.75, 3.05) is 18.4 Å². The minimum atomic E-state index is -0.926. The number of carbonyl (C=O) groups is 1. The molecule has 1 aliphatic heterocycles. The number of anilines is 1. The molecule has 1 aromatic heterocycles. The number of imidazole rings is 1. The van der Waals surface area contributed by atoms with Crippen LogP contribution in [0.4, 0.5) is 23.9 Å². The van der Waals surface area contributed by atoms with E-state index >= 15 is 0 Å². The lowest BCUT2D eigenvalue weighted by molar-refractivity contribution is -0.0635. The van der Waals surface area contributed by atoms with Gasteiger partial charge < -0.3 is 19.9 Å². The van der Waals surface area contributed by atoms with E-state index in [-0.39, 0.29) is 11.9 Å². The summed E-state index contributed by atoms with van der Waals surface area (Å²) in [6.45, 7) is 2.81. The minimum absolute atomic E-state index is 0.301. The number of amides is 1. The van der Waals surface area contributed by atoms with Crippen molar-refractivity contribution in [3.05, 3.63) is 108 Å². The van der Waals surface area contributed by atoms with Crippen LogP contribution in [0.15, 0.2) is 79.1 Å². The summed E-state index contributed by atoms with van der Waals surface area (Å²) >= 11 is 0. The number of aromatic nitrogens is 2. The van der Waals surface area contributed by atoms with Crippen molar-refractivity contribution in [3.63, 3.8) is 0 Å². The summed E-state index contributed by atoms with van der Waals surface area (Å²) in [6.07, 6.45) is 3.85. The van der Waals surface area contributed by atoms with Crippen molar-refractivity contribution in [1.82, 2.24) is 14.9 Å². The smallest absolute Gasteiger partial charge is 0.411 e. The Morgan fingerprint density at radius 3 is 2.45 bits per heavy atom. The van der Waals surface area contributed by atoms with E-state index in [1.165, 1.54) is 24.3 Å². The van der Waals surface area contributed by atoms with Crippen LogP contribution in [-0.2, 0) is 10.3 Å². The second-order valence-electron chi connectivity index (χ2n) is 9.35. The van der Waals surface area contributed by atoms with Gasteiger partial charge in [0.15, 0.2) is 5.95 Å². The summed E-state index contributed by atoms with van der Waals surface area (Å²) in [7, 11) is 0. The third-order valence-corrected chi connectivity index (χ3v) is 7.07. The maximum atomic E-state index is 14.2. The van der Waals surface area contributed by atoms with E-state index < -0.39 is 23.3 Å². The molecular weight excluding hydrogens is 493 g/mol. The number of halogens is 3. The molecule has 1 aliphatic rings. The Morgan fingerprint density at radius 1 is 1.05 bits per heavy atom. The highest BCUT2D eigenvalue weighted by Crippen LogP contribution is 2.40. The third-order valence-electron chi connectivity index (χ3n) is 7.07. The van der Waals surface area contributed by atoms with E-state index in [0.29, 0.717) is 43.0 Å². The SMILES string of the molecule is C[C@@H](c1ccc(-c2ccc(F)cc2F)cc1)N1CC[C@](CCNc2ncc[nH]2)(c2ccc(F)cc2)OC1=O. The normalized spacial score (nSPS) is 18.2. The van der Waals surface area contributed by atoms with Crippen LogP contribution in [0.1, 0.15) is 36.9 Å². The molecule has 38 heavy (non-hydrogen) atoms. The molecule has 6 nitrogen and oxygen atoms in total. The van der Waals surface area contributed by atoms with Gasteiger partial charge in [0.1, 0.15) is 23.1 Å². The molecule has 1 amide bonds. The lowest BCUT2D eigenvalue weighted by Crippen LogP contribution is -2.49. The number of rotatable bonds is 8. The molecule has 0 spiro atoms. The van der Waals surface area contributed by atoms with E-state index in [1.807, 2.05) is 19.1 Å². The second kappa shape index (κ2) is 10.6. The molecule has 0 radical (unpaired) electrons. The first-order chi connectivity index (χ1) is 18.3. The van der Waals surface area contributed by atoms with Crippen molar-refractivity contribution < 1.29 is 22.7 Å². The molecule has 0 aliphatic carbocycles. The van der Waals surface area contributed by atoms with Crippen LogP contribution in [0.2, 0.25) is 0 Å². The fourth-order valence-electron chi connectivity index (χ4n) is 4.89. The number of benzene rings is 3. The van der Waals surface area contributed by atoms with Crippen LogP contribution in [-0.4, -0.2) is 34.1 Å². The third kappa shape index (κ3) is 5.22. The largest absolute Gasteiger partial charge is 0.438 e. The van der Waals surface area contributed by atoms with E-state index in [1.54, 1.807) is 41.6 Å². The molecule has 9 heteroatoms. The molecule has 1 fully saturated rings. The fourth-order valence-corrected chi connectivity index (χ4v) is 4.89. The van der Waals surface area contributed by atoms with Gasteiger partial charge in [0, 0.05) is 50.0 Å². The predicted molar refractivity (Wildman–Crippen MR) is 138 cm³/mol. The van der Waals surface area contributed by atoms with Crippen LogP contribution in [0.5, 0.6) is 0 Å². The van der Waals surface area contributed by atoms with Crippen molar-refractivity contribution in [2.24, 2.45) is 0 Å². The highest BCUT2D eigenvalue weighted by atomic mass is 19.1. The Morgan fingerprint density at radius 2 is 1.79 bits per heavy atom. The second-order valence-corrected chi connectivity index (χ2v) is 9.35. The van der Waals surface area contributed by atoms with Gasteiger partial charge in [-0.1, -0.05) is 36.4 Å². The monoisotopic (exact) mass is 520 g/mol. The number of hydrogen-bond acceptors (Lipinski definition) is 4. The van der Waals surface area contributed by atoms with Gasteiger partial charge in [0.25, 0.3) is 0 Å².